The van der Waals surface area contributed by atoms with Crippen molar-refractivity contribution >= 4 is 17.0 Å². The van der Waals surface area contributed by atoms with E-state index in [1.54, 1.807) is 18.7 Å². The highest BCUT2D eigenvalue weighted by atomic mass is 16.5. The molecule has 4 atom stereocenters. The minimum absolute atomic E-state index is 0.00730. The number of aryl methyl sites for hydroxylation is 2. The van der Waals surface area contributed by atoms with Gasteiger partial charge < -0.3 is 23.3 Å². The predicted octanol–water partition coefficient (Wildman–Crippen LogP) is 4.51. The van der Waals surface area contributed by atoms with Gasteiger partial charge in [-0.2, -0.15) is 0 Å². The first-order valence-corrected chi connectivity index (χ1v) is 15.5. The molecule has 1 saturated heterocycles. The van der Waals surface area contributed by atoms with Gasteiger partial charge in [-0.25, -0.2) is 4.98 Å². The molecule has 1 aromatic carbocycles. The third kappa shape index (κ3) is 5.92. The van der Waals surface area contributed by atoms with Crippen LogP contribution in [0.2, 0.25) is 0 Å². The molecule has 0 bridgehead atoms. The molecule has 42 heavy (non-hydrogen) atoms. The summed E-state index contributed by atoms with van der Waals surface area (Å²) in [5.41, 5.74) is 4.94. The van der Waals surface area contributed by atoms with Crippen molar-refractivity contribution in [2.24, 2.45) is 18.4 Å². The number of ether oxygens (including phenoxy) is 3. The predicted molar refractivity (Wildman–Crippen MR) is 161 cm³/mol. The van der Waals surface area contributed by atoms with Crippen molar-refractivity contribution < 1.29 is 19.0 Å². The van der Waals surface area contributed by atoms with E-state index < -0.39 is 6.04 Å². The summed E-state index contributed by atoms with van der Waals surface area (Å²) in [5.74, 6) is 1.34. The molecule has 2 aliphatic carbocycles. The SMILES string of the molecule is COC[C@H](NCc1ccc2c(c1)nc(-c1cc(C)c(=O)n(C)c1)n2CC1CC2(CCO1)CC2C)C(=O)OC1CCCC1. The van der Waals surface area contributed by atoms with Crippen molar-refractivity contribution in [1.82, 2.24) is 19.4 Å². The molecule has 3 aliphatic rings. The van der Waals surface area contributed by atoms with Crippen molar-refractivity contribution in [3.8, 4) is 11.4 Å². The van der Waals surface area contributed by atoms with Gasteiger partial charge in [0.25, 0.3) is 5.56 Å². The van der Waals surface area contributed by atoms with E-state index in [2.05, 4.69) is 35.0 Å². The Morgan fingerprint density at radius 2 is 2.02 bits per heavy atom. The second-order valence-electron chi connectivity index (χ2n) is 12.8. The third-order valence-corrected chi connectivity index (χ3v) is 9.76. The van der Waals surface area contributed by atoms with Crippen molar-refractivity contribution in [3.05, 3.63) is 51.9 Å². The molecule has 9 heteroatoms. The van der Waals surface area contributed by atoms with Crippen LogP contribution in [-0.2, 0) is 39.1 Å². The number of nitrogens with one attached hydrogen (secondary N) is 1. The normalized spacial score (nSPS) is 24.9. The number of fused-ring (bicyclic) bond motifs is 1. The molecule has 0 radical (unpaired) electrons. The van der Waals surface area contributed by atoms with Crippen LogP contribution in [0.3, 0.4) is 0 Å². The molecule has 2 saturated carbocycles. The highest BCUT2D eigenvalue weighted by Gasteiger charge is 2.53. The molecular formula is C33H44N4O5. The Kier molecular flexibility index (Phi) is 8.26. The third-order valence-electron chi connectivity index (χ3n) is 9.76. The van der Waals surface area contributed by atoms with Crippen LogP contribution in [0.25, 0.3) is 22.4 Å². The highest BCUT2D eigenvalue weighted by molar-refractivity contribution is 5.81. The summed E-state index contributed by atoms with van der Waals surface area (Å²) in [4.78, 5) is 30.4. The van der Waals surface area contributed by atoms with Gasteiger partial charge in [0.1, 0.15) is 18.0 Å². The van der Waals surface area contributed by atoms with E-state index >= 15 is 0 Å². The standard InChI is InChI=1S/C33H44N4O5/c1-21-13-24(18-36(3)31(21)38)30-35-27-14-23(17-34-28(20-40-4)32(39)42-25-7-5-6-8-25)9-10-29(27)37(30)19-26-16-33(11-12-41-26)15-22(33)2/h9-10,13-14,18,22,25-26,28,34H,5-8,11-12,15-17,19-20H2,1-4H3/t22?,26?,28-,33?/m0/s1. The molecule has 6 rings (SSSR count). The minimum Gasteiger partial charge on any atom is -0.461 e. The lowest BCUT2D eigenvalue weighted by Gasteiger charge is -2.31. The number of methoxy groups -OCH3 is 1. The average molecular weight is 577 g/mol. The summed E-state index contributed by atoms with van der Waals surface area (Å²) < 4.78 is 21.3. The van der Waals surface area contributed by atoms with E-state index in [-0.39, 0.29) is 30.3 Å². The molecule has 3 fully saturated rings. The van der Waals surface area contributed by atoms with Crippen molar-refractivity contribution in [3.63, 3.8) is 0 Å². The quantitative estimate of drug-likeness (QED) is 0.355. The van der Waals surface area contributed by atoms with E-state index in [0.717, 1.165) is 79.0 Å². The van der Waals surface area contributed by atoms with Gasteiger partial charge in [-0.1, -0.05) is 13.0 Å². The Morgan fingerprint density at radius 1 is 1.24 bits per heavy atom. The summed E-state index contributed by atoms with van der Waals surface area (Å²) in [6.07, 6.45) is 9.62. The van der Waals surface area contributed by atoms with Crippen LogP contribution in [0.1, 0.15) is 63.0 Å². The zero-order chi connectivity index (χ0) is 29.4. The van der Waals surface area contributed by atoms with Crippen molar-refractivity contribution in [1.29, 1.82) is 0 Å². The maximum absolute atomic E-state index is 12.8. The van der Waals surface area contributed by atoms with Gasteiger partial charge in [-0.3, -0.25) is 14.9 Å². The molecule has 226 valence electrons. The Morgan fingerprint density at radius 3 is 2.74 bits per heavy atom. The maximum atomic E-state index is 12.8. The van der Waals surface area contributed by atoms with E-state index in [0.29, 0.717) is 24.1 Å². The summed E-state index contributed by atoms with van der Waals surface area (Å²) in [6, 6.07) is 7.67. The molecular weight excluding hydrogens is 532 g/mol. The number of pyridine rings is 1. The first-order chi connectivity index (χ1) is 20.3. The number of rotatable bonds is 10. The first kappa shape index (κ1) is 29.1. The fraction of sp³-hybridized carbons (Fsp3) is 0.606. The van der Waals surface area contributed by atoms with Crippen LogP contribution >= 0.6 is 0 Å². The Labute approximate surface area is 247 Å². The lowest BCUT2D eigenvalue weighted by molar-refractivity contribution is -0.152. The summed E-state index contributed by atoms with van der Waals surface area (Å²) >= 11 is 0. The number of imidazole rings is 1. The van der Waals surface area contributed by atoms with E-state index in [9.17, 15) is 9.59 Å². The molecule has 1 spiro atoms. The van der Waals surface area contributed by atoms with Crippen LogP contribution in [0.15, 0.2) is 35.3 Å². The van der Waals surface area contributed by atoms with Crippen molar-refractivity contribution in [2.75, 3.05) is 20.3 Å². The topological polar surface area (TPSA) is 96.6 Å². The molecule has 1 aliphatic heterocycles. The van der Waals surface area contributed by atoms with Gasteiger partial charge in [-0.05, 0) is 87.0 Å². The fourth-order valence-electron chi connectivity index (χ4n) is 7.11. The molecule has 9 nitrogen and oxygen atoms in total. The zero-order valence-electron chi connectivity index (χ0n) is 25.4. The number of aromatic nitrogens is 3. The number of hydrogen-bond donors (Lipinski definition) is 1. The number of benzene rings is 1. The van der Waals surface area contributed by atoms with Crippen molar-refractivity contribution in [2.45, 2.75) is 90.1 Å². The molecule has 3 heterocycles. The van der Waals surface area contributed by atoms with Crippen LogP contribution < -0.4 is 10.9 Å². The molecule has 0 amide bonds. The summed E-state index contributed by atoms with van der Waals surface area (Å²) in [5, 5.41) is 3.34. The Bertz CT molecular complexity index is 1480. The Hall–Kier alpha value is -3.01. The molecule has 3 aromatic rings. The fourth-order valence-corrected chi connectivity index (χ4v) is 7.11. The van der Waals surface area contributed by atoms with Gasteiger partial charge in [0.15, 0.2) is 0 Å². The zero-order valence-corrected chi connectivity index (χ0v) is 25.4. The van der Waals surface area contributed by atoms with Crippen LogP contribution in [0.5, 0.6) is 0 Å². The van der Waals surface area contributed by atoms with Gasteiger partial charge in [-0.15, -0.1) is 0 Å². The Balaban J connectivity index is 1.27. The largest absolute Gasteiger partial charge is 0.461 e. The van der Waals surface area contributed by atoms with Gasteiger partial charge in [0.05, 0.1) is 30.3 Å². The number of carbonyl (C=O) groups is 1. The minimum atomic E-state index is -0.534. The molecule has 2 aromatic heterocycles. The molecule has 1 N–H and O–H groups in total. The van der Waals surface area contributed by atoms with Crippen LogP contribution in [0.4, 0.5) is 0 Å². The number of nitrogens with zero attached hydrogens (tertiary/aromatic N) is 3. The average Bonchev–Trinajstić information content (AvgIpc) is 3.29. The monoisotopic (exact) mass is 576 g/mol. The number of esters is 1. The van der Waals surface area contributed by atoms with E-state index in [1.165, 1.54) is 6.42 Å². The smallest absolute Gasteiger partial charge is 0.325 e. The summed E-state index contributed by atoms with van der Waals surface area (Å²) in [6.45, 7) is 6.45. The lowest BCUT2D eigenvalue weighted by Crippen LogP contribution is -2.42. The summed E-state index contributed by atoms with van der Waals surface area (Å²) in [7, 11) is 3.38. The first-order valence-electron chi connectivity index (χ1n) is 15.5. The second-order valence-corrected chi connectivity index (χ2v) is 12.8. The number of hydrogen-bond acceptors (Lipinski definition) is 7. The van der Waals surface area contributed by atoms with Gasteiger partial charge in [0.2, 0.25) is 0 Å². The second kappa shape index (κ2) is 11.9. The van der Waals surface area contributed by atoms with Gasteiger partial charge >= 0.3 is 5.97 Å². The van der Waals surface area contributed by atoms with Crippen LogP contribution in [-0.4, -0.2) is 58.7 Å². The van der Waals surface area contributed by atoms with Crippen LogP contribution in [0, 0.1) is 18.3 Å². The highest BCUT2D eigenvalue weighted by Crippen LogP contribution is 2.60. The van der Waals surface area contributed by atoms with Gasteiger partial charge in [0, 0.05) is 44.6 Å². The molecule has 3 unspecified atom stereocenters. The number of carbonyl (C=O) groups excluding carboxylic acids is 1. The maximum Gasteiger partial charge on any atom is 0.325 e. The van der Waals surface area contributed by atoms with E-state index in [1.807, 2.05) is 19.2 Å². The lowest BCUT2D eigenvalue weighted by atomic mass is 9.90. The van der Waals surface area contributed by atoms with E-state index in [4.69, 9.17) is 19.2 Å².